The lowest BCUT2D eigenvalue weighted by atomic mass is 9.99. The molecule has 0 heterocycles. The van der Waals surface area contributed by atoms with Crippen molar-refractivity contribution in [2.45, 2.75) is 65.5 Å². The molecular formula is C17H29NO5. The van der Waals surface area contributed by atoms with Crippen molar-refractivity contribution < 1.29 is 23.9 Å². The molecule has 0 aliphatic heterocycles. The van der Waals surface area contributed by atoms with Crippen molar-refractivity contribution in [3.63, 3.8) is 0 Å². The van der Waals surface area contributed by atoms with Gasteiger partial charge in [-0.25, -0.2) is 4.79 Å². The Morgan fingerprint density at radius 1 is 1.17 bits per heavy atom. The number of esters is 1. The largest absolute Gasteiger partial charge is 0.469 e. The van der Waals surface area contributed by atoms with Crippen LogP contribution in [0.5, 0.6) is 0 Å². The highest BCUT2D eigenvalue weighted by Crippen LogP contribution is 2.10. The molecule has 0 unspecified atom stereocenters. The molecule has 0 rings (SSSR count). The third-order valence-electron chi connectivity index (χ3n) is 2.91. The molecule has 0 aliphatic rings. The van der Waals surface area contributed by atoms with Crippen LogP contribution in [0.4, 0.5) is 4.79 Å². The summed E-state index contributed by atoms with van der Waals surface area (Å²) in [5, 5.41) is 2.60. The van der Waals surface area contributed by atoms with Gasteiger partial charge in [-0.2, -0.15) is 0 Å². The van der Waals surface area contributed by atoms with E-state index in [0.717, 1.165) is 0 Å². The van der Waals surface area contributed by atoms with E-state index in [9.17, 15) is 14.4 Å². The van der Waals surface area contributed by atoms with Gasteiger partial charge in [0.15, 0.2) is 5.78 Å². The molecule has 0 aromatic heterocycles. The van der Waals surface area contributed by atoms with Crippen LogP contribution < -0.4 is 5.32 Å². The number of ether oxygens (including phenoxy) is 2. The van der Waals surface area contributed by atoms with Crippen molar-refractivity contribution in [3.05, 3.63) is 12.2 Å². The first-order valence-electron chi connectivity index (χ1n) is 7.83. The standard InChI is InChI=1S/C17H29NO5/c1-12(2)15(18-16(21)23-17(3,4)5)13(19)10-8-7-9-11-14(20)22-6/h8,10,12,15H,7,9,11H2,1-6H3,(H,18,21)/b10-8+/t15-/m0/s1. The predicted molar refractivity (Wildman–Crippen MR) is 88.0 cm³/mol. The minimum absolute atomic E-state index is 0.0604. The smallest absolute Gasteiger partial charge is 0.408 e. The van der Waals surface area contributed by atoms with Gasteiger partial charge < -0.3 is 14.8 Å². The molecule has 1 N–H and O–H groups in total. The quantitative estimate of drug-likeness (QED) is 0.421. The van der Waals surface area contributed by atoms with E-state index in [2.05, 4.69) is 10.1 Å². The Labute approximate surface area is 138 Å². The molecule has 6 nitrogen and oxygen atoms in total. The van der Waals surface area contributed by atoms with Crippen molar-refractivity contribution in [1.29, 1.82) is 0 Å². The average Bonchev–Trinajstić information content (AvgIpc) is 2.41. The molecule has 0 aliphatic carbocycles. The summed E-state index contributed by atoms with van der Waals surface area (Å²) in [5.41, 5.74) is -0.613. The van der Waals surface area contributed by atoms with E-state index < -0.39 is 17.7 Å². The van der Waals surface area contributed by atoms with Crippen LogP contribution in [-0.4, -0.2) is 36.6 Å². The van der Waals surface area contributed by atoms with Crippen LogP contribution in [0.25, 0.3) is 0 Å². The molecule has 23 heavy (non-hydrogen) atoms. The lowest BCUT2D eigenvalue weighted by molar-refractivity contribution is -0.140. The first-order chi connectivity index (χ1) is 10.6. The Morgan fingerprint density at radius 3 is 2.26 bits per heavy atom. The first-order valence-corrected chi connectivity index (χ1v) is 7.83. The molecule has 0 aromatic carbocycles. The van der Waals surface area contributed by atoms with Crippen LogP contribution in [0.3, 0.4) is 0 Å². The van der Waals surface area contributed by atoms with Crippen molar-refractivity contribution in [2.75, 3.05) is 7.11 Å². The number of hydrogen-bond acceptors (Lipinski definition) is 5. The molecule has 6 heteroatoms. The number of ketones is 1. The van der Waals surface area contributed by atoms with Crippen molar-refractivity contribution in [2.24, 2.45) is 5.92 Å². The van der Waals surface area contributed by atoms with Gasteiger partial charge in [0.05, 0.1) is 13.2 Å². The highest BCUT2D eigenvalue weighted by atomic mass is 16.6. The summed E-state index contributed by atoms with van der Waals surface area (Å²) in [7, 11) is 1.34. The molecule has 132 valence electrons. The maximum atomic E-state index is 12.2. The highest BCUT2D eigenvalue weighted by Gasteiger charge is 2.25. The number of hydrogen-bond donors (Lipinski definition) is 1. The Hall–Kier alpha value is -1.85. The van der Waals surface area contributed by atoms with E-state index in [-0.39, 0.29) is 17.7 Å². The van der Waals surface area contributed by atoms with E-state index in [1.54, 1.807) is 26.8 Å². The monoisotopic (exact) mass is 327 g/mol. The Kier molecular flexibility index (Phi) is 9.22. The van der Waals surface area contributed by atoms with Crippen LogP contribution in [0, 0.1) is 5.92 Å². The van der Waals surface area contributed by atoms with Gasteiger partial charge in [-0.05, 0) is 45.6 Å². The van der Waals surface area contributed by atoms with Gasteiger partial charge in [0.25, 0.3) is 0 Å². The summed E-state index contributed by atoms with van der Waals surface area (Å²) in [6, 6.07) is -0.637. The Morgan fingerprint density at radius 2 is 1.78 bits per heavy atom. The maximum absolute atomic E-state index is 12.2. The number of alkyl carbamates (subject to hydrolysis) is 1. The number of allylic oxidation sites excluding steroid dienone is 1. The molecule has 0 spiro atoms. The Balaban J connectivity index is 4.46. The molecule has 1 atom stereocenters. The van der Waals surface area contributed by atoms with Gasteiger partial charge in [0, 0.05) is 6.42 Å². The molecule has 0 bridgehead atoms. The van der Waals surface area contributed by atoms with Crippen LogP contribution >= 0.6 is 0 Å². The second-order valence-electron chi connectivity index (χ2n) is 6.64. The predicted octanol–water partition coefficient (Wildman–Crippen LogP) is 3.00. The number of carbonyl (C=O) groups excluding carboxylic acids is 3. The van der Waals surface area contributed by atoms with Gasteiger partial charge >= 0.3 is 12.1 Å². The van der Waals surface area contributed by atoms with Gasteiger partial charge in [-0.1, -0.05) is 19.9 Å². The third-order valence-corrected chi connectivity index (χ3v) is 2.91. The van der Waals surface area contributed by atoms with Crippen molar-refractivity contribution in [3.8, 4) is 0 Å². The summed E-state index contributed by atoms with van der Waals surface area (Å²) in [6.07, 6.45) is 4.07. The third kappa shape index (κ3) is 10.5. The summed E-state index contributed by atoms with van der Waals surface area (Å²) in [4.78, 5) is 35.0. The van der Waals surface area contributed by atoms with Gasteiger partial charge in [-0.3, -0.25) is 9.59 Å². The van der Waals surface area contributed by atoms with Gasteiger partial charge in [0.2, 0.25) is 0 Å². The zero-order valence-electron chi connectivity index (χ0n) is 15.0. The maximum Gasteiger partial charge on any atom is 0.408 e. The number of nitrogens with one attached hydrogen (secondary N) is 1. The summed E-state index contributed by atoms with van der Waals surface area (Å²) in [5.74, 6) is -0.518. The second-order valence-corrected chi connectivity index (χ2v) is 6.64. The number of carbonyl (C=O) groups is 3. The summed E-state index contributed by atoms with van der Waals surface area (Å²) < 4.78 is 9.71. The summed E-state index contributed by atoms with van der Waals surface area (Å²) >= 11 is 0. The van der Waals surface area contributed by atoms with E-state index in [1.807, 2.05) is 13.8 Å². The number of unbranched alkanes of at least 4 members (excludes halogenated alkanes) is 1. The van der Waals surface area contributed by atoms with E-state index in [0.29, 0.717) is 19.3 Å². The minimum atomic E-state index is -0.637. The topological polar surface area (TPSA) is 81.7 Å². The van der Waals surface area contributed by atoms with Crippen LogP contribution in [0.2, 0.25) is 0 Å². The molecule has 0 radical (unpaired) electrons. The molecule has 0 fully saturated rings. The zero-order valence-corrected chi connectivity index (χ0v) is 15.0. The van der Waals surface area contributed by atoms with Crippen molar-refractivity contribution >= 4 is 17.8 Å². The SMILES string of the molecule is COC(=O)CCC/C=C/C(=O)[C@@H](NC(=O)OC(C)(C)C)C(C)C. The molecular weight excluding hydrogens is 298 g/mol. The van der Waals surface area contributed by atoms with Crippen LogP contribution in [0.1, 0.15) is 53.9 Å². The summed E-state index contributed by atoms with van der Waals surface area (Å²) in [6.45, 7) is 9.00. The first kappa shape index (κ1) is 21.1. The van der Waals surface area contributed by atoms with Crippen LogP contribution in [0.15, 0.2) is 12.2 Å². The molecule has 0 saturated heterocycles. The molecule has 0 aromatic rings. The fraction of sp³-hybridized carbons (Fsp3) is 0.706. The van der Waals surface area contributed by atoms with E-state index in [4.69, 9.17) is 4.74 Å². The van der Waals surface area contributed by atoms with E-state index >= 15 is 0 Å². The minimum Gasteiger partial charge on any atom is -0.469 e. The average molecular weight is 327 g/mol. The van der Waals surface area contributed by atoms with E-state index in [1.165, 1.54) is 13.2 Å². The lowest BCUT2D eigenvalue weighted by Crippen LogP contribution is -2.45. The normalized spacial score (nSPS) is 13.0. The second kappa shape index (κ2) is 10.0. The van der Waals surface area contributed by atoms with Crippen LogP contribution in [-0.2, 0) is 19.1 Å². The van der Waals surface area contributed by atoms with Gasteiger partial charge in [0.1, 0.15) is 5.60 Å². The fourth-order valence-corrected chi connectivity index (χ4v) is 1.77. The Bertz CT molecular complexity index is 435. The fourth-order valence-electron chi connectivity index (χ4n) is 1.77. The lowest BCUT2D eigenvalue weighted by Gasteiger charge is -2.24. The van der Waals surface area contributed by atoms with Gasteiger partial charge in [-0.15, -0.1) is 0 Å². The molecule has 1 amide bonds. The number of methoxy groups -OCH3 is 1. The highest BCUT2D eigenvalue weighted by molar-refractivity contribution is 5.96. The molecule has 0 saturated carbocycles. The number of rotatable bonds is 8. The number of amides is 1. The van der Waals surface area contributed by atoms with Crippen molar-refractivity contribution in [1.82, 2.24) is 5.32 Å². The zero-order chi connectivity index (χ0) is 18.0.